The van der Waals surface area contributed by atoms with Crippen LogP contribution in [0, 0.1) is 0 Å². The fourth-order valence-corrected chi connectivity index (χ4v) is 2.85. The highest BCUT2D eigenvalue weighted by molar-refractivity contribution is 7.10. The molecule has 2 heterocycles. The zero-order chi connectivity index (χ0) is 10.5. The molecule has 1 aromatic heterocycles. The van der Waals surface area contributed by atoms with Gasteiger partial charge in [-0.15, -0.1) is 11.3 Å². The lowest BCUT2D eigenvalue weighted by molar-refractivity contribution is 0.101. The minimum Gasteiger partial charge on any atom is -0.378 e. The summed E-state index contributed by atoms with van der Waals surface area (Å²) in [5.74, 6) is 0. The molecular formula is C12H19NOS. The van der Waals surface area contributed by atoms with E-state index in [1.54, 1.807) is 11.3 Å². The van der Waals surface area contributed by atoms with E-state index in [2.05, 4.69) is 17.5 Å². The Hall–Kier alpha value is -0.380. The van der Waals surface area contributed by atoms with Crippen molar-refractivity contribution >= 4 is 11.3 Å². The zero-order valence-electron chi connectivity index (χ0n) is 9.02. The molecule has 15 heavy (non-hydrogen) atoms. The van der Waals surface area contributed by atoms with Crippen LogP contribution in [0.4, 0.5) is 0 Å². The van der Waals surface area contributed by atoms with Crippen LogP contribution in [0.15, 0.2) is 17.5 Å². The first-order chi connectivity index (χ1) is 7.36. The molecule has 0 aromatic carbocycles. The fourth-order valence-electron chi connectivity index (χ4n) is 2.08. The molecule has 2 nitrogen and oxygen atoms in total. The highest BCUT2D eigenvalue weighted by Crippen LogP contribution is 2.24. The van der Waals surface area contributed by atoms with Crippen LogP contribution in [0.3, 0.4) is 0 Å². The summed E-state index contributed by atoms with van der Waals surface area (Å²) >= 11 is 1.76. The van der Waals surface area contributed by atoms with Crippen molar-refractivity contribution in [3.63, 3.8) is 0 Å². The maximum atomic E-state index is 6.09. The largest absolute Gasteiger partial charge is 0.378 e. The maximum Gasteiger partial charge on any atom is 0.0576 e. The Morgan fingerprint density at radius 3 is 3.20 bits per heavy atom. The number of nitrogens with two attached hydrogens (primary N) is 1. The van der Waals surface area contributed by atoms with Gasteiger partial charge in [-0.3, -0.25) is 0 Å². The molecule has 3 heteroatoms. The Kier molecular flexibility index (Phi) is 4.18. The SMILES string of the molecule is NC(CCCC1CCCO1)c1cccs1. The minimum atomic E-state index is 0.228. The van der Waals surface area contributed by atoms with Crippen LogP contribution in [0.5, 0.6) is 0 Å². The van der Waals surface area contributed by atoms with Crippen molar-refractivity contribution in [2.45, 2.75) is 44.2 Å². The summed E-state index contributed by atoms with van der Waals surface area (Å²) in [7, 11) is 0. The fraction of sp³-hybridized carbons (Fsp3) is 0.667. The summed E-state index contributed by atoms with van der Waals surface area (Å²) in [6, 6.07) is 4.42. The van der Waals surface area contributed by atoms with Crippen molar-refractivity contribution in [1.29, 1.82) is 0 Å². The van der Waals surface area contributed by atoms with Crippen molar-refractivity contribution in [2.75, 3.05) is 6.61 Å². The quantitative estimate of drug-likeness (QED) is 0.835. The van der Waals surface area contributed by atoms with Gasteiger partial charge in [0.15, 0.2) is 0 Å². The molecule has 1 saturated heterocycles. The van der Waals surface area contributed by atoms with E-state index >= 15 is 0 Å². The molecule has 2 N–H and O–H groups in total. The molecule has 1 aliphatic heterocycles. The first-order valence-electron chi connectivity index (χ1n) is 5.77. The first kappa shape index (κ1) is 11.1. The van der Waals surface area contributed by atoms with E-state index in [0.717, 1.165) is 13.0 Å². The van der Waals surface area contributed by atoms with Crippen LogP contribution in [0.25, 0.3) is 0 Å². The normalized spacial score (nSPS) is 23.1. The van der Waals surface area contributed by atoms with Gasteiger partial charge in [-0.2, -0.15) is 0 Å². The van der Waals surface area contributed by atoms with Gasteiger partial charge in [-0.05, 0) is 43.6 Å². The van der Waals surface area contributed by atoms with Gasteiger partial charge in [0.25, 0.3) is 0 Å². The summed E-state index contributed by atoms with van der Waals surface area (Å²) < 4.78 is 5.59. The summed E-state index contributed by atoms with van der Waals surface area (Å²) in [4.78, 5) is 1.31. The molecule has 2 atom stereocenters. The Bertz CT molecular complexity index is 267. The maximum absolute atomic E-state index is 6.09. The van der Waals surface area contributed by atoms with E-state index in [9.17, 15) is 0 Å². The lowest BCUT2D eigenvalue weighted by atomic mass is 10.0. The van der Waals surface area contributed by atoms with Gasteiger partial charge in [0.2, 0.25) is 0 Å². The topological polar surface area (TPSA) is 35.2 Å². The molecule has 0 saturated carbocycles. The minimum absolute atomic E-state index is 0.228. The molecule has 1 aliphatic rings. The van der Waals surface area contributed by atoms with Crippen molar-refractivity contribution in [3.05, 3.63) is 22.4 Å². The summed E-state index contributed by atoms with van der Waals surface area (Å²) in [5, 5.41) is 2.09. The van der Waals surface area contributed by atoms with Gasteiger partial charge in [0.1, 0.15) is 0 Å². The zero-order valence-corrected chi connectivity index (χ0v) is 9.84. The van der Waals surface area contributed by atoms with Gasteiger partial charge in [0, 0.05) is 17.5 Å². The first-order valence-corrected chi connectivity index (χ1v) is 6.65. The second kappa shape index (κ2) is 5.64. The molecule has 2 rings (SSSR count). The van der Waals surface area contributed by atoms with Crippen LogP contribution < -0.4 is 5.73 Å². The van der Waals surface area contributed by atoms with Crippen molar-refractivity contribution in [3.8, 4) is 0 Å². The van der Waals surface area contributed by atoms with Crippen LogP contribution in [0.1, 0.15) is 43.0 Å². The Balaban J connectivity index is 1.65. The van der Waals surface area contributed by atoms with Crippen LogP contribution in [-0.4, -0.2) is 12.7 Å². The summed E-state index contributed by atoms with van der Waals surface area (Å²) in [5.41, 5.74) is 6.09. The molecule has 0 spiro atoms. The molecule has 84 valence electrons. The van der Waals surface area contributed by atoms with Crippen LogP contribution in [-0.2, 0) is 4.74 Å². The average Bonchev–Trinajstić information content (AvgIpc) is 2.90. The van der Waals surface area contributed by atoms with Gasteiger partial charge in [-0.25, -0.2) is 0 Å². The number of hydrogen-bond acceptors (Lipinski definition) is 3. The molecular weight excluding hydrogens is 206 g/mol. The molecule has 0 aliphatic carbocycles. The van der Waals surface area contributed by atoms with E-state index in [-0.39, 0.29) is 6.04 Å². The van der Waals surface area contributed by atoms with Gasteiger partial charge in [-0.1, -0.05) is 6.07 Å². The van der Waals surface area contributed by atoms with Gasteiger partial charge < -0.3 is 10.5 Å². The van der Waals surface area contributed by atoms with Crippen molar-refractivity contribution < 1.29 is 4.74 Å². The third-order valence-electron chi connectivity index (χ3n) is 2.97. The van der Waals surface area contributed by atoms with Crippen molar-refractivity contribution in [2.24, 2.45) is 5.73 Å². The highest BCUT2D eigenvalue weighted by Gasteiger charge is 2.15. The highest BCUT2D eigenvalue weighted by atomic mass is 32.1. The Morgan fingerprint density at radius 1 is 1.60 bits per heavy atom. The predicted molar refractivity (Wildman–Crippen MR) is 64.1 cm³/mol. The van der Waals surface area contributed by atoms with E-state index in [4.69, 9.17) is 10.5 Å². The molecule has 0 bridgehead atoms. The van der Waals surface area contributed by atoms with E-state index in [0.29, 0.717) is 6.10 Å². The third kappa shape index (κ3) is 3.30. The van der Waals surface area contributed by atoms with Gasteiger partial charge >= 0.3 is 0 Å². The van der Waals surface area contributed by atoms with Crippen LogP contribution >= 0.6 is 11.3 Å². The van der Waals surface area contributed by atoms with E-state index < -0.39 is 0 Å². The molecule has 0 amide bonds. The number of rotatable bonds is 5. The second-order valence-electron chi connectivity index (χ2n) is 4.19. The summed E-state index contributed by atoms with van der Waals surface area (Å²) in [6.07, 6.45) is 6.44. The Morgan fingerprint density at radius 2 is 2.53 bits per heavy atom. The Labute approximate surface area is 95.4 Å². The number of hydrogen-bond donors (Lipinski definition) is 1. The summed E-state index contributed by atoms with van der Waals surface area (Å²) in [6.45, 7) is 0.960. The van der Waals surface area contributed by atoms with E-state index in [1.165, 1.54) is 30.6 Å². The second-order valence-corrected chi connectivity index (χ2v) is 5.17. The van der Waals surface area contributed by atoms with Gasteiger partial charge in [0.05, 0.1) is 6.10 Å². The third-order valence-corrected chi connectivity index (χ3v) is 3.98. The van der Waals surface area contributed by atoms with Crippen LogP contribution in [0.2, 0.25) is 0 Å². The molecule has 2 unspecified atom stereocenters. The molecule has 1 fully saturated rings. The lowest BCUT2D eigenvalue weighted by Gasteiger charge is -2.12. The average molecular weight is 225 g/mol. The molecule has 0 radical (unpaired) electrons. The smallest absolute Gasteiger partial charge is 0.0576 e. The molecule has 1 aromatic rings. The number of thiophene rings is 1. The van der Waals surface area contributed by atoms with E-state index in [1.807, 2.05) is 0 Å². The predicted octanol–water partition coefficient (Wildman–Crippen LogP) is 3.10. The van der Waals surface area contributed by atoms with Crippen molar-refractivity contribution in [1.82, 2.24) is 0 Å². The standard InChI is InChI=1S/C12H19NOS/c13-11(12-7-3-9-15-12)6-1-4-10-5-2-8-14-10/h3,7,9-11H,1-2,4-6,8,13H2. The monoisotopic (exact) mass is 225 g/mol. The number of ether oxygens (including phenoxy) is 1. The lowest BCUT2D eigenvalue weighted by Crippen LogP contribution is -2.10.